The zero-order chi connectivity index (χ0) is 15.8. The van der Waals surface area contributed by atoms with Crippen LogP contribution in [0.4, 0.5) is 5.69 Å². The minimum atomic E-state index is 0.259. The molecule has 114 valence electrons. The Morgan fingerprint density at radius 2 is 1.65 bits per heavy atom. The molecule has 1 heterocycles. The van der Waals surface area contributed by atoms with Crippen molar-refractivity contribution in [1.82, 2.24) is 0 Å². The molecule has 0 N–H and O–H groups in total. The molecule has 1 atom stereocenters. The first-order valence-corrected chi connectivity index (χ1v) is 7.86. The van der Waals surface area contributed by atoms with Crippen molar-refractivity contribution in [2.75, 3.05) is 19.1 Å². The number of para-hydroxylation sites is 2. The van der Waals surface area contributed by atoms with Crippen LogP contribution in [0.15, 0.2) is 78.4 Å². The number of allylic oxidation sites excluding steroid dienone is 2. The monoisotopic (exact) mass is 301 g/mol. The second-order valence-electron chi connectivity index (χ2n) is 5.85. The van der Waals surface area contributed by atoms with Gasteiger partial charge in [0, 0.05) is 29.4 Å². The number of benzene rings is 2. The number of ether oxygens (including phenoxy) is 1. The molecule has 2 aromatic carbocycles. The van der Waals surface area contributed by atoms with Gasteiger partial charge < -0.3 is 9.64 Å². The number of nitrogens with zero attached hydrogens (tertiary/aromatic N) is 1. The van der Waals surface area contributed by atoms with Gasteiger partial charge >= 0.3 is 0 Å². The topological polar surface area (TPSA) is 12.5 Å². The lowest BCUT2D eigenvalue weighted by molar-refractivity contribution is 0.413. The van der Waals surface area contributed by atoms with E-state index in [1.807, 2.05) is 12.1 Å². The molecule has 2 nitrogen and oxygen atoms in total. The van der Waals surface area contributed by atoms with Crippen LogP contribution in [0, 0.1) is 0 Å². The normalized spacial score (nSPS) is 18.7. The van der Waals surface area contributed by atoms with Crippen molar-refractivity contribution in [3.05, 3.63) is 89.5 Å². The maximum atomic E-state index is 5.63. The zero-order valence-corrected chi connectivity index (χ0v) is 13.4. The number of anilines is 1. The van der Waals surface area contributed by atoms with Crippen molar-refractivity contribution in [3.63, 3.8) is 0 Å². The number of hydrogen-bond donors (Lipinski definition) is 0. The molecule has 2 aliphatic rings. The summed E-state index contributed by atoms with van der Waals surface area (Å²) < 4.78 is 5.63. The van der Waals surface area contributed by atoms with Crippen LogP contribution in [0.1, 0.15) is 11.1 Å². The van der Waals surface area contributed by atoms with Gasteiger partial charge in [-0.25, -0.2) is 0 Å². The molecule has 2 aromatic rings. The van der Waals surface area contributed by atoms with E-state index in [4.69, 9.17) is 4.74 Å². The van der Waals surface area contributed by atoms with Crippen LogP contribution in [-0.4, -0.2) is 20.2 Å². The average molecular weight is 301 g/mol. The minimum Gasteiger partial charge on any atom is -0.496 e. The van der Waals surface area contributed by atoms with Crippen LogP contribution in [0.3, 0.4) is 0 Å². The molecule has 0 saturated heterocycles. The third-order valence-electron chi connectivity index (χ3n) is 4.63. The molecule has 0 radical (unpaired) electrons. The van der Waals surface area contributed by atoms with Crippen molar-refractivity contribution in [1.29, 1.82) is 0 Å². The average Bonchev–Trinajstić information content (AvgIpc) is 2.62. The van der Waals surface area contributed by atoms with Crippen LogP contribution in [0.25, 0.3) is 5.57 Å². The summed E-state index contributed by atoms with van der Waals surface area (Å²) in [5, 5.41) is 0. The first-order valence-electron chi connectivity index (χ1n) is 7.86. The van der Waals surface area contributed by atoms with Gasteiger partial charge in [0.15, 0.2) is 0 Å². The minimum absolute atomic E-state index is 0.259. The molecule has 0 amide bonds. The van der Waals surface area contributed by atoms with E-state index in [1.54, 1.807) is 7.11 Å². The molecule has 0 spiro atoms. The van der Waals surface area contributed by atoms with Crippen LogP contribution in [0.5, 0.6) is 5.75 Å². The van der Waals surface area contributed by atoms with Gasteiger partial charge in [-0.2, -0.15) is 0 Å². The summed E-state index contributed by atoms with van der Waals surface area (Å²) in [6, 6.07) is 17.1. The van der Waals surface area contributed by atoms with E-state index < -0.39 is 0 Å². The highest BCUT2D eigenvalue weighted by molar-refractivity contribution is 5.95. The van der Waals surface area contributed by atoms with E-state index >= 15 is 0 Å². The highest BCUT2D eigenvalue weighted by Crippen LogP contribution is 2.44. The van der Waals surface area contributed by atoms with Crippen LogP contribution >= 0.6 is 0 Å². The smallest absolute Gasteiger partial charge is 0.126 e. The Morgan fingerprint density at radius 1 is 0.913 bits per heavy atom. The van der Waals surface area contributed by atoms with Crippen LogP contribution in [0.2, 0.25) is 0 Å². The number of fused-ring (bicyclic) bond motifs is 2. The van der Waals surface area contributed by atoms with Crippen molar-refractivity contribution in [2.45, 2.75) is 6.04 Å². The summed E-state index contributed by atoms with van der Waals surface area (Å²) in [7, 11) is 3.89. The van der Waals surface area contributed by atoms with Gasteiger partial charge in [0.1, 0.15) is 5.75 Å². The van der Waals surface area contributed by atoms with E-state index in [0.29, 0.717) is 0 Å². The Balaban J connectivity index is 2.05. The fraction of sp³-hybridized carbons (Fsp3) is 0.143. The standard InChI is InChI=1S/C21H19NO/c1-22-18-12-6-3-9-15(18)21(16-10-4-7-13-19(16)22)17-11-5-8-14-20(17)23-2/h3-14,18H,1-2H3. The zero-order valence-electron chi connectivity index (χ0n) is 13.4. The maximum Gasteiger partial charge on any atom is 0.126 e. The van der Waals surface area contributed by atoms with Gasteiger partial charge in [0.05, 0.1) is 13.2 Å². The first kappa shape index (κ1) is 13.9. The lowest BCUT2D eigenvalue weighted by Crippen LogP contribution is -2.36. The van der Waals surface area contributed by atoms with Gasteiger partial charge in [0.2, 0.25) is 0 Å². The molecule has 1 unspecified atom stereocenters. The summed E-state index contributed by atoms with van der Waals surface area (Å²) >= 11 is 0. The van der Waals surface area contributed by atoms with E-state index in [0.717, 1.165) is 11.3 Å². The Morgan fingerprint density at radius 3 is 2.48 bits per heavy atom. The summed E-state index contributed by atoms with van der Waals surface area (Å²) in [5.74, 6) is 0.913. The van der Waals surface area contributed by atoms with Crippen molar-refractivity contribution < 1.29 is 4.74 Å². The van der Waals surface area contributed by atoms with Gasteiger partial charge in [-0.05, 0) is 17.7 Å². The predicted molar refractivity (Wildman–Crippen MR) is 95.9 cm³/mol. The number of methoxy groups -OCH3 is 1. The Hall–Kier alpha value is -2.74. The third kappa shape index (κ3) is 2.10. The quantitative estimate of drug-likeness (QED) is 0.813. The summed E-state index contributed by atoms with van der Waals surface area (Å²) in [5.41, 5.74) is 6.24. The van der Waals surface area contributed by atoms with E-state index in [-0.39, 0.29) is 6.04 Å². The molecule has 23 heavy (non-hydrogen) atoms. The SMILES string of the molecule is COc1ccccc1C1=C2C=CC=CC2N(C)c2ccccc21. The number of hydrogen-bond acceptors (Lipinski definition) is 2. The summed E-state index contributed by atoms with van der Waals surface area (Å²) in [4.78, 5) is 2.34. The molecule has 0 saturated carbocycles. The molecule has 2 heteroatoms. The molecule has 4 rings (SSSR count). The van der Waals surface area contributed by atoms with Crippen molar-refractivity contribution >= 4 is 11.3 Å². The highest BCUT2D eigenvalue weighted by atomic mass is 16.5. The highest BCUT2D eigenvalue weighted by Gasteiger charge is 2.30. The fourth-order valence-corrected chi connectivity index (χ4v) is 3.55. The third-order valence-corrected chi connectivity index (χ3v) is 4.63. The van der Waals surface area contributed by atoms with E-state index in [2.05, 4.69) is 72.6 Å². The summed E-state index contributed by atoms with van der Waals surface area (Å²) in [6.07, 6.45) is 8.71. The maximum absolute atomic E-state index is 5.63. The van der Waals surface area contributed by atoms with Gasteiger partial charge in [0.25, 0.3) is 0 Å². The van der Waals surface area contributed by atoms with Crippen LogP contribution in [-0.2, 0) is 0 Å². The Bertz CT molecular complexity index is 844. The number of likely N-dealkylation sites (N-methyl/N-ethyl adjacent to an activating group) is 1. The lowest BCUT2D eigenvalue weighted by atomic mass is 9.82. The first-order chi connectivity index (χ1) is 11.3. The van der Waals surface area contributed by atoms with Gasteiger partial charge in [-0.3, -0.25) is 0 Å². The molecule has 1 aliphatic heterocycles. The lowest BCUT2D eigenvalue weighted by Gasteiger charge is -2.38. The van der Waals surface area contributed by atoms with Gasteiger partial charge in [-0.15, -0.1) is 0 Å². The fourth-order valence-electron chi connectivity index (χ4n) is 3.55. The Labute approximate surface area is 137 Å². The molecular formula is C21H19NO. The van der Waals surface area contributed by atoms with Crippen LogP contribution < -0.4 is 9.64 Å². The molecule has 0 bridgehead atoms. The second kappa shape index (κ2) is 5.47. The predicted octanol–water partition coefficient (Wildman–Crippen LogP) is 4.44. The van der Waals surface area contributed by atoms with E-state index in [1.165, 1.54) is 22.4 Å². The molecule has 1 aliphatic carbocycles. The van der Waals surface area contributed by atoms with E-state index in [9.17, 15) is 0 Å². The van der Waals surface area contributed by atoms with Gasteiger partial charge in [-0.1, -0.05) is 60.7 Å². The second-order valence-corrected chi connectivity index (χ2v) is 5.85. The Kier molecular flexibility index (Phi) is 3.30. The largest absolute Gasteiger partial charge is 0.496 e. The summed E-state index contributed by atoms with van der Waals surface area (Å²) in [6.45, 7) is 0. The molecule has 0 aromatic heterocycles. The van der Waals surface area contributed by atoms with Crippen molar-refractivity contribution in [3.8, 4) is 5.75 Å². The molecular weight excluding hydrogens is 282 g/mol. The molecule has 0 fully saturated rings. The number of rotatable bonds is 2. The van der Waals surface area contributed by atoms with Crippen molar-refractivity contribution in [2.24, 2.45) is 0 Å².